The summed E-state index contributed by atoms with van der Waals surface area (Å²) in [5, 5.41) is 5.30. The average molecular weight is 273 g/mol. The summed E-state index contributed by atoms with van der Waals surface area (Å²) < 4.78 is 38.3. The van der Waals surface area contributed by atoms with Gasteiger partial charge in [0.25, 0.3) is 0 Å². The van der Waals surface area contributed by atoms with Crippen molar-refractivity contribution >= 4 is 11.7 Å². The van der Waals surface area contributed by atoms with Crippen LogP contribution < -0.4 is 10.6 Å². The fourth-order valence-electron chi connectivity index (χ4n) is 1.76. The number of hydrogen-bond donors (Lipinski definition) is 2. The number of nitrogens with one attached hydrogen (secondary N) is 2. The second-order valence-electron chi connectivity index (χ2n) is 4.40. The molecule has 7 heteroatoms. The zero-order valence-corrected chi connectivity index (χ0v) is 10.3. The van der Waals surface area contributed by atoms with Gasteiger partial charge in [-0.25, -0.2) is 4.79 Å². The number of para-hydroxylation sites is 1. The molecule has 0 aromatic heterocycles. The SMILES string of the molecule is CN(C(=O)Nc1ccccc1C(F)(F)F)C1CNC1. The minimum absolute atomic E-state index is 0.0260. The van der Waals surface area contributed by atoms with E-state index in [9.17, 15) is 18.0 Å². The van der Waals surface area contributed by atoms with Gasteiger partial charge in [-0.1, -0.05) is 12.1 Å². The number of anilines is 1. The van der Waals surface area contributed by atoms with Gasteiger partial charge in [0.2, 0.25) is 0 Å². The third-order valence-electron chi connectivity index (χ3n) is 3.10. The first-order valence-corrected chi connectivity index (χ1v) is 5.80. The molecular weight excluding hydrogens is 259 g/mol. The lowest BCUT2D eigenvalue weighted by atomic mass is 10.1. The van der Waals surface area contributed by atoms with Gasteiger partial charge in [-0.05, 0) is 12.1 Å². The average Bonchev–Trinajstić information content (AvgIpc) is 2.25. The number of urea groups is 1. The molecule has 0 bridgehead atoms. The minimum atomic E-state index is -4.49. The normalized spacial score (nSPS) is 15.8. The fraction of sp³-hybridized carbons (Fsp3) is 0.417. The van der Waals surface area contributed by atoms with Crippen molar-refractivity contribution in [2.75, 3.05) is 25.5 Å². The quantitative estimate of drug-likeness (QED) is 0.867. The molecule has 2 rings (SSSR count). The lowest BCUT2D eigenvalue weighted by Crippen LogP contribution is -2.58. The van der Waals surface area contributed by atoms with E-state index in [0.29, 0.717) is 13.1 Å². The van der Waals surface area contributed by atoms with Crippen LogP contribution in [-0.2, 0) is 6.18 Å². The highest BCUT2D eigenvalue weighted by Gasteiger charge is 2.34. The molecule has 1 aromatic rings. The molecule has 2 N–H and O–H groups in total. The third kappa shape index (κ3) is 2.98. The lowest BCUT2D eigenvalue weighted by molar-refractivity contribution is -0.136. The van der Waals surface area contributed by atoms with Gasteiger partial charge < -0.3 is 15.5 Å². The fourth-order valence-corrected chi connectivity index (χ4v) is 1.76. The molecule has 1 fully saturated rings. The zero-order chi connectivity index (χ0) is 14.0. The Morgan fingerprint density at radius 3 is 2.53 bits per heavy atom. The number of likely N-dealkylation sites (N-methyl/N-ethyl adjacent to an activating group) is 1. The molecule has 1 aliphatic heterocycles. The van der Waals surface area contributed by atoms with Gasteiger partial charge >= 0.3 is 12.2 Å². The lowest BCUT2D eigenvalue weighted by Gasteiger charge is -2.35. The Balaban J connectivity index is 2.12. The Labute approximate surface area is 108 Å². The predicted molar refractivity (Wildman–Crippen MR) is 64.9 cm³/mol. The first-order chi connectivity index (χ1) is 8.89. The number of halogens is 3. The minimum Gasteiger partial charge on any atom is -0.322 e. The molecule has 0 unspecified atom stereocenters. The number of rotatable bonds is 2. The van der Waals surface area contributed by atoms with E-state index in [1.807, 2.05) is 0 Å². The van der Waals surface area contributed by atoms with E-state index >= 15 is 0 Å². The van der Waals surface area contributed by atoms with Crippen molar-refractivity contribution in [1.29, 1.82) is 0 Å². The topological polar surface area (TPSA) is 44.4 Å². The third-order valence-corrected chi connectivity index (χ3v) is 3.10. The van der Waals surface area contributed by atoms with Crippen molar-refractivity contribution in [1.82, 2.24) is 10.2 Å². The number of carbonyl (C=O) groups is 1. The highest BCUT2D eigenvalue weighted by molar-refractivity contribution is 5.90. The van der Waals surface area contributed by atoms with Crippen LogP contribution in [0.2, 0.25) is 0 Å². The van der Waals surface area contributed by atoms with Gasteiger partial charge in [0.1, 0.15) is 0 Å². The maximum atomic E-state index is 12.8. The summed E-state index contributed by atoms with van der Waals surface area (Å²) in [6, 6.07) is 4.42. The Hall–Kier alpha value is -1.76. The Morgan fingerprint density at radius 1 is 1.37 bits per heavy atom. The number of carbonyl (C=O) groups excluding carboxylic acids is 1. The van der Waals surface area contributed by atoms with Crippen LogP contribution in [0.25, 0.3) is 0 Å². The summed E-state index contributed by atoms with van der Waals surface area (Å²) in [4.78, 5) is 13.3. The monoisotopic (exact) mass is 273 g/mol. The summed E-state index contributed by atoms with van der Waals surface area (Å²) in [6.07, 6.45) is -4.49. The molecule has 1 saturated heterocycles. The first-order valence-electron chi connectivity index (χ1n) is 5.80. The van der Waals surface area contributed by atoms with Crippen molar-refractivity contribution < 1.29 is 18.0 Å². The zero-order valence-electron chi connectivity index (χ0n) is 10.3. The number of nitrogens with zero attached hydrogens (tertiary/aromatic N) is 1. The van der Waals surface area contributed by atoms with Gasteiger partial charge in [-0.15, -0.1) is 0 Å². The molecule has 0 saturated carbocycles. The van der Waals surface area contributed by atoms with Crippen molar-refractivity contribution in [3.63, 3.8) is 0 Å². The van der Waals surface area contributed by atoms with E-state index in [1.165, 1.54) is 23.1 Å². The highest BCUT2D eigenvalue weighted by atomic mass is 19.4. The van der Waals surface area contributed by atoms with E-state index in [-0.39, 0.29) is 11.7 Å². The summed E-state index contributed by atoms with van der Waals surface area (Å²) >= 11 is 0. The second-order valence-corrected chi connectivity index (χ2v) is 4.40. The van der Waals surface area contributed by atoms with Crippen LogP contribution in [0, 0.1) is 0 Å². The Bertz CT molecular complexity index is 472. The summed E-state index contributed by atoms with van der Waals surface area (Å²) in [7, 11) is 1.57. The van der Waals surface area contributed by atoms with Crippen molar-refractivity contribution in [3.05, 3.63) is 29.8 Å². The molecule has 0 radical (unpaired) electrons. The maximum absolute atomic E-state index is 12.8. The van der Waals surface area contributed by atoms with Gasteiger partial charge in [0.05, 0.1) is 17.3 Å². The summed E-state index contributed by atoms with van der Waals surface area (Å²) in [5.41, 5.74) is -1.07. The van der Waals surface area contributed by atoms with Crippen LogP contribution in [0.3, 0.4) is 0 Å². The van der Waals surface area contributed by atoms with Crippen LogP contribution in [0.1, 0.15) is 5.56 Å². The molecule has 19 heavy (non-hydrogen) atoms. The van der Waals surface area contributed by atoms with Gasteiger partial charge in [-0.3, -0.25) is 0 Å². The van der Waals surface area contributed by atoms with Crippen molar-refractivity contribution in [2.24, 2.45) is 0 Å². The van der Waals surface area contributed by atoms with Crippen LogP contribution in [0.15, 0.2) is 24.3 Å². The molecule has 0 aliphatic carbocycles. The van der Waals surface area contributed by atoms with Crippen molar-refractivity contribution in [2.45, 2.75) is 12.2 Å². The van der Waals surface area contributed by atoms with Gasteiger partial charge in [0, 0.05) is 20.1 Å². The van der Waals surface area contributed by atoms with Crippen LogP contribution in [0.4, 0.5) is 23.7 Å². The molecular formula is C12H14F3N3O. The van der Waals surface area contributed by atoms with Crippen molar-refractivity contribution in [3.8, 4) is 0 Å². The molecule has 4 nitrogen and oxygen atoms in total. The Morgan fingerprint density at radius 2 is 2.00 bits per heavy atom. The number of alkyl halides is 3. The Kier molecular flexibility index (Phi) is 3.66. The van der Waals surface area contributed by atoms with E-state index in [1.54, 1.807) is 7.05 Å². The van der Waals surface area contributed by atoms with Crippen LogP contribution in [0.5, 0.6) is 0 Å². The maximum Gasteiger partial charge on any atom is 0.418 e. The van der Waals surface area contributed by atoms with E-state index in [4.69, 9.17) is 0 Å². The van der Waals surface area contributed by atoms with Crippen LogP contribution >= 0.6 is 0 Å². The van der Waals surface area contributed by atoms with E-state index in [0.717, 1.165) is 6.07 Å². The molecule has 1 aromatic carbocycles. The summed E-state index contributed by atoms with van der Waals surface area (Å²) in [6.45, 7) is 1.32. The predicted octanol–water partition coefficient (Wildman–Crippen LogP) is 2.14. The van der Waals surface area contributed by atoms with Gasteiger partial charge in [0.15, 0.2) is 0 Å². The second kappa shape index (κ2) is 5.08. The molecule has 0 spiro atoms. The standard InChI is InChI=1S/C12H14F3N3O/c1-18(8-6-16-7-8)11(19)17-10-5-3-2-4-9(10)12(13,14)15/h2-5,8,16H,6-7H2,1H3,(H,17,19). The highest BCUT2D eigenvalue weighted by Crippen LogP contribution is 2.34. The van der Waals surface area contributed by atoms with E-state index in [2.05, 4.69) is 10.6 Å². The number of hydrogen-bond acceptors (Lipinski definition) is 2. The largest absolute Gasteiger partial charge is 0.418 e. The van der Waals surface area contributed by atoms with E-state index < -0.39 is 17.8 Å². The molecule has 2 amide bonds. The molecule has 104 valence electrons. The number of benzene rings is 1. The van der Waals surface area contributed by atoms with Gasteiger partial charge in [-0.2, -0.15) is 13.2 Å². The molecule has 1 aliphatic rings. The molecule has 1 heterocycles. The summed E-state index contributed by atoms with van der Waals surface area (Å²) in [5.74, 6) is 0. The molecule has 0 atom stereocenters. The smallest absolute Gasteiger partial charge is 0.322 e. The first kappa shape index (κ1) is 13.7. The number of amides is 2. The van der Waals surface area contributed by atoms with Crippen LogP contribution in [-0.4, -0.2) is 37.1 Å².